The molecular weight excluding hydrogens is 310 g/mol. The summed E-state index contributed by atoms with van der Waals surface area (Å²) in [5.41, 5.74) is 1.59. The first kappa shape index (κ1) is 15.7. The number of aryl methyl sites for hydroxylation is 1. The zero-order valence-corrected chi connectivity index (χ0v) is 12.9. The predicted octanol–water partition coefficient (Wildman–Crippen LogP) is 1.22. The van der Waals surface area contributed by atoms with Crippen molar-refractivity contribution in [2.45, 2.75) is 23.6 Å². The standard InChI is InChI=1S/C14H15NO4S2/c1-10-4-6-11(7-5-10)12(9-13(16)17)15-21(18,19)14-3-2-8-20-14/h2-8,12,15H,9H2,1H3,(H,16,17)/p-1/t12-/m0/s1. The van der Waals surface area contributed by atoms with Crippen LogP contribution in [0.1, 0.15) is 23.6 Å². The molecule has 21 heavy (non-hydrogen) atoms. The first-order valence-electron chi connectivity index (χ1n) is 6.21. The minimum absolute atomic E-state index is 0.151. The number of carboxylic acid groups (broad SMARTS) is 1. The number of benzene rings is 1. The van der Waals surface area contributed by atoms with Crippen LogP contribution in [0.15, 0.2) is 46.0 Å². The van der Waals surface area contributed by atoms with E-state index in [9.17, 15) is 18.3 Å². The summed E-state index contributed by atoms with van der Waals surface area (Å²) in [6.45, 7) is 1.90. The lowest BCUT2D eigenvalue weighted by Crippen LogP contribution is -2.34. The van der Waals surface area contributed by atoms with Gasteiger partial charge in [-0.1, -0.05) is 35.9 Å². The van der Waals surface area contributed by atoms with Gasteiger partial charge in [-0.25, -0.2) is 13.1 Å². The molecule has 0 bridgehead atoms. The number of aliphatic carboxylic acids is 1. The molecule has 2 aromatic rings. The lowest BCUT2D eigenvalue weighted by atomic mass is 10.0. The maximum absolute atomic E-state index is 12.2. The molecule has 1 heterocycles. The molecule has 0 saturated heterocycles. The number of hydrogen-bond acceptors (Lipinski definition) is 5. The Balaban J connectivity index is 2.29. The Hall–Kier alpha value is -1.70. The molecule has 0 unspecified atom stereocenters. The van der Waals surface area contributed by atoms with Gasteiger partial charge in [0.1, 0.15) is 4.21 Å². The third-order valence-corrected chi connectivity index (χ3v) is 5.78. The molecule has 0 fully saturated rings. The molecular formula is C14H14NO4S2-. The Morgan fingerprint density at radius 2 is 1.95 bits per heavy atom. The van der Waals surface area contributed by atoms with E-state index in [0.717, 1.165) is 16.9 Å². The normalized spacial score (nSPS) is 13.0. The van der Waals surface area contributed by atoms with Gasteiger partial charge in [0.05, 0.1) is 6.04 Å². The summed E-state index contributed by atoms with van der Waals surface area (Å²) in [4.78, 5) is 10.9. The number of carboxylic acids is 1. The summed E-state index contributed by atoms with van der Waals surface area (Å²) >= 11 is 1.07. The van der Waals surface area contributed by atoms with Crippen molar-refractivity contribution in [3.05, 3.63) is 52.9 Å². The van der Waals surface area contributed by atoms with E-state index >= 15 is 0 Å². The van der Waals surface area contributed by atoms with E-state index in [-0.39, 0.29) is 4.21 Å². The van der Waals surface area contributed by atoms with Crippen LogP contribution in [0.2, 0.25) is 0 Å². The van der Waals surface area contributed by atoms with Crippen LogP contribution in [0.4, 0.5) is 0 Å². The summed E-state index contributed by atoms with van der Waals surface area (Å²) in [5, 5.41) is 12.5. The molecule has 112 valence electrons. The van der Waals surface area contributed by atoms with Gasteiger partial charge >= 0.3 is 0 Å². The molecule has 0 spiro atoms. The van der Waals surface area contributed by atoms with Crippen LogP contribution in [0.5, 0.6) is 0 Å². The highest BCUT2D eigenvalue weighted by molar-refractivity contribution is 7.91. The molecule has 1 aromatic heterocycles. The van der Waals surface area contributed by atoms with Crippen molar-refractivity contribution in [2.75, 3.05) is 0 Å². The van der Waals surface area contributed by atoms with Crippen molar-refractivity contribution in [3.63, 3.8) is 0 Å². The molecule has 0 saturated carbocycles. The third kappa shape index (κ3) is 4.13. The van der Waals surface area contributed by atoms with Crippen LogP contribution in [0, 0.1) is 6.92 Å². The quantitative estimate of drug-likeness (QED) is 0.865. The number of rotatable bonds is 6. The van der Waals surface area contributed by atoms with Crippen molar-refractivity contribution < 1.29 is 18.3 Å². The van der Waals surface area contributed by atoms with Crippen LogP contribution in [-0.2, 0) is 14.8 Å². The van der Waals surface area contributed by atoms with Gasteiger partial charge in [-0.15, -0.1) is 11.3 Å². The van der Waals surface area contributed by atoms with Crippen molar-refractivity contribution in [2.24, 2.45) is 0 Å². The third-order valence-electron chi connectivity index (χ3n) is 2.91. The highest BCUT2D eigenvalue weighted by Gasteiger charge is 2.22. The molecule has 5 nitrogen and oxygen atoms in total. The molecule has 2 rings (SSSR count). The number of thiophene rings is 1. The van der Waals surface area contributed by atoms with Crippen molar-refractivity contribution in [1.29, 1.82) is 0 Å². The minimum Gasteiger partial charge on any atom is -0.550 e. The Morgan fingerprint density at radius 3 is 2.48 bits per heavy atom. The Labute approximate surface area is 127 Å². The van der Waals surface area contributed by atoms with Crippen molar-refractivity contribution in [1.82, 2.24) is 4.72 Å². The summed E-state index contributed by atoms with van der Waals surface area (Å²) < 4.78 is 27.0. The highest BCUT2D eigenvalue weighted by Crippen LogP contribution is 2.22. The average Bonchev–Trinajstić information content (AvgIpc) is 2.92. The number of carbonyl (C=O) groups is 1. The molecule has 0 radical (unpaired) electrons. The summed E-state index contributed by atoms with van der Waals surface area (Å²) in [7, 11) is -3.74. The zero-order valence-electron chi connectivity index (χ0n) is 11.3. The van der Waals surface area contributed by atoms with Gasteiger partial charge in [-0.3, -0.25) is 0 Å². The van der Waals surface area contributed by atoms with E-state index in [2.05, 4.69) is 4.72 Å². The van der Waals surface area contributed by atoms with Crippen LogP contribution < -0.4 is 9.83 Å². The van der Waals surface area contributed by atoms with Gasteiger partial charge in [-0.05, 0) is 23.9 Å². The molecule has 0 aliphatic heterocycles. The fourth-order valence-electron chi connectivity index (χ4n) is 1.85. The highest BCUT2D eigenvalue weighted by atomic mass is 32.2. The second kappa shape index (κ2) is 6.38. The van der Waals surface area contributed by atoms with Gasteiger partial charge in [0.15, 0.2) is 0 Å². The molecule has 1 atom stereocenters. The molecule has 7 heteroatoms. The van der Waals surface area contributed by atoms with Crippen molar-refractivity contribution in [3.8, 4) is 0 Å². The van der Waals surface area contributed by atoms with E-state index in [0.29, 0.717) is 5.56 Å². The second-order valence-electron chi connectivity index (χ2n) is 4.59. The topological polar surface area (TPSA) is 86.3 Å². The fraction of sp³-hybridized carbons (Fsp3) is 0.214. The maximum Gasteiger partial charge on any atom is 0.250 e. The van der Waals surface area contributed by atoms with Crippen molar-refractivity contribution >= 4 is 27.3 Å². The molecule has 1 N–H and O–H groups in total. The maximum atomic E-state index is 12.2. The lowest BCUT2D eigenvalue weighted by molar-refractivity contribution is -0.306. The smallest absolute Gasteiger partial charge is 0.250 e. The van der Waals surface area contributed by atoms with Gasteiger partial charge in [0.25, 0.3) is 10.0 Å². The molecule has 0 amide bonds. The molecule has 1 aromatic carbocycles. The second-order valence-corrected chi connectivity index (χ2v) is 7.48. The summed E-state index contributed by atoms with van der Waals surface area (Å²) in [5.74, 6) is -1.31. The van der Waals surface area contributed by atoms with Crippen LogP contribution in [0.25, 0.3) is 0 Å². The predicted molar refractivity (Wildman–Crippen MR) is 78.2 cm³/mol. The van der Waals surface area contributed by atoms with Gasteiger partial charge in [-0.2, -0.15) is 0 Å². The number of hydrogen-bond donors (Lipinski definition) is 1. The first-order valence-corrected chi connectivity index (χ1v) is 8.57. The van der Waals surface area contributed by atoms with Gasteiger partial charge in [0.2, 0.25) is 0 Å². The van der Waals surface area contributed by atoms with Gasteiger partial charge < -0.3 is 9.90 Å². The van der Waals surface area contributed by atoms with Crippen LogP contribution >= 0.6 is 11.3 Å². The fourth-order valence-corrected chi connectivity index (χ4v) is 4.09. The molecule has 0 aliphatic carbocycles. The average molecular weight is 324 g/mol. The number of nitrogens with one attached hydrogen (secondary N) is 1. The van der Waals surface area contributed by atoms with E-state index in [1.807, 2.05) is 6.92 Å². The zero-order chi connectivity index (χ0) is 15.5. The van der Waals surface area contributed by atoms with E-state index < -0.39 is 28.5 Å². The van der Waals surface area contributed by atoms with E-state index in [1.165, 1.54) is 6.07 Å². The Morgan fingerprint density at radius 1 is 1.29 bits per heavy atom. The first-order chi connectivity index (χ1) is 9.88. The molecule has 0 aliphatic rings. The lowest BCUT2D eigenvalue weighted by Gasteiger charge is -2.19. The Kier molecular flexibility index (Phi) is 4.76. The number of carbonyl (C=O) groups excluding carboxylic acids is 1. The van der Waals surface area contributed by atoms with E-state index in [4.69, 9.17) is 0 Å². The summed E-state index contributed by atoms with van der Waals surface area (Å²) in [6.07, 6.45) is -0.423. The van der Waals surface area contributed by atoms with E-state index in [1.54, 1.807) is 35.7 Å². The largest absolute Gasteiger partial charge is 0.550 e. The Bertz CT molecular complexity index is 706. The van der Waals surface area contributed by atoms with Crippen LogP contribution in [-0.4, -0.2) is 14.4 Å². The summed E-state index contributed by atoms with van der Waals surface area (Å²) in [6, 6.07) is 9.26. The SMILES string of the molecule is Cc1ccc([C@H](CC(=O)[O-])NS(=O)(=O)c2cccs2)cc1. The number of sulfonamides is 1. The monoisotopic (exact) mass is 324 g/mol. The van der Waals surface area contributed by atoms with Crippen LogP contribution in [0.3, 0.4) is 0 Å². The minimum atomic E-state index is -3.74. The van der Waals surface area contributed by atoms with Gasteiger partial charge in [0, 0.05) is 12.4 Å².